The number of methoxy groups -OCH3 is 2. The molecule has 5 rings (SSSR count). The number of carbonyl (C=O) groups excluding carboxylic acids is 2. The molecule has 0 unspecified atom stereocenters. The van der Waals surface area contributed by atoms with Gasteiger partial charge in [-0.05, 0) is 54.8 Å². The third-order valence-electron chi connectivity index (χ3n) is 5.79. The Hall–Kier alpha value is -3.89. The summed E-state index contributed by atoms with van der Waals surface area (Å²) in [4.78, 5) is 33.5. The number of hydrogen-bond acceptors (Lipinski definition) is 9. The van der Waals surface area contributed by atoms with E-state index < -0.39 is 23.5 Å². The summed E-state index contributed by atoms with van der Waals surface area (Å²) in [5.41, 5.74) is 1.12. The molecule has 0 spiro atoms. The summed E-state index contributed by atoms with van der Waals surface area (Å²) in [7, 11) is 3.03. The van der Waals surface area contributed by atoms with Crippen LogP contribution in [0.15, 0.2) is 65.2 Å². The molecule has 8 nitrogen and oxygen atoms in total. The summed E-state index contributed by atoms with van der Waals surface area (Å²) in [6.45, 7) is 2.42. The Morgan fingerprint density at radius 2 is 1.92 bits per heavy atom. The van der Waals surface area contributed by atoms with Crippen LogP contribution in [-0.2, 0) is 4.79 Å². The van der Waals surface area contributed by atoms with Crippen molar-refractivity contribution >= 4 is 49.7 Å². The maximum atomic E-state index is 13.6. The van der Waals surface area contributed by atoms with Crippen LogP contribution in [0.1, 0.15) is 28.2 Å². The molecule has 0 bridgehead atoms. The van der Waals surface area contributed by atoms with E-state index >= 15 is 0 Å². The Morgan fingerprint density at radius 3 is 2.61 bits per heavy atom. The van der Waals surface area contributed by atoms with Crippen molar-refractivity contribution in [1.82, 2.24) is 4.98 Å². The number of anilines is 1. The van der Waals surface area contributed by atoms with Crippen molar-refractivity contribution in [3.63, 3.8) is 0 Å². The molecule has 2 aromatic carbocycles. The minimum absolute atomic E-state index is 0.0386. The first-order valence-corrected chi connectivity index (χ1v) is 12.8. The second kappa shape index (κ2) is 9.63. The molecule has 0 fully saturated rings. The smallest absolute Gasteiger partial charge is 0.296 e. The van der Waals surface area contributed by atoms with Gasteiger partial charge in [0.25, 0.3) is 5.91 Å². The number of ether oxygens (including phenoxy) is 3. The molecule has 0 radical (unpaired) electrons. The van der Waals surface area contributed by atoms with Crippen LogP contribution >= 0.6 is 22.7 Å². The molecule has 0 saturated heterocycles. The number of hydrogen-bond donors (Lipinski definition) is 1. The zero-order valence-electron chi connectivity index (χ0n) is 19.7. The van der Waals surface area contributed by atoms with E-state index in [0.717, 1.165) is 4.70 Å². The van der Waals surface area contributed by atoms with Gasteiger partial charge in [-0.1, -0.05) is 17.4 Å². The number of aliphatic hydroxyl groups excluding tert-OH is 1. The zero-order valence-corrected chi connectivity index (χ0v) is 21.3. The molecule has 1 aliphatic rings. The normalized spacial score (nSPS) is 15.6. The van der Waals surface area contributed by atoms with Gasteiger partial charge in [0, 0.05) is 5.56 Å². The molecule has 36 heavy (non-hydrogen) atoms. The second-order valence-corrected chi connectivity index (χ2v) is 9.77. The number of nitrogens with zero attached hydrogens (tertiary/aromatic N) is 2. The van der Waals surface area contributed by atoms with Crippen molar-refractivity contribution in [3.05, 3.63) is 75.7 Å². The van der Waals surface area contributed by atoms with E-state index in [1.165, 1.54) is 41.8 Å². The van der Waals surface area contributed by atoms with Crippen LogP contribution < -0.4 is 19.1 Å². The minimum Gasteiger partial charge on any atom is -0.503 e. The number of Topliss-reactive ketones (excluding diaryl/α,β-unsaturated/α-hetero) is 1. The molecular formula is C26H22N2O6S2. The molecule has 4 aromatic rings. The predicted molar refractivity (Wildman–Crippen MR) is 139 cm³/mol. The number of rotatable bonds is 8. The average molecular weight is 523 g/mol. The van der Waals surface area contributed by atoms with Gasteiger partial charge in [-0.15, -0.1) is 11.3 Å². The van der Waals surface area contributed by atoms with E-state index in [1.54, 1.807) is 35.7 Å². The molecule has 0 saturated carbocycles. The number of carbonyl (C=O) groups is 2. The largest absolute Gasteiger partial charge is 0.503 e. The van der Waals surface area contributed by atoms with Crippen molar-refractivity contribution in [1.29, 1.82) is 0 Å². The fourth-order valence-electron chi connectivity index (χ4n) is 4.17. The van der Waals surface area contributed by atoms with Gasteiger partial charge < -0.3 is 19.3 Å². The first kappa shape index (κ1) is 23.8. The Bertz CT molecular complexity index is 1490. The number of aromatic nitrogens is 1. The number of benzene rings is 2. The van der Waals surface area contributed by atoms with E-state index in [9.17, 15) is 14.7 Å². The molecule has 184 valence electrons. The van der Waals surface area contributed by atoms with Crippen LogP contribution in [0.25, 0.3) is 10.2 Å². The average Bonchev–Trinajstić information content (AvgIpc) is 3.62. The van der Waals surface area contributed by atoms with Crippen LogP contribution in [0.2, 0.25) is 0 Å². The fraction of sp³-hybridized carbons (Fsp3) is 0.192. The van der Waals surface area contributed by atoms with Crippen LogP contribution in [0.3, 0.4) is 0 Å². The number of fused-ring (bicyclic) bond motifs is 1. The molecular weight excluding hydrogens is 500 g/mol. The lowest BCUT2D eigenvalue weighted by Crippen LogP contribution is -2.31. The van der Waals surface area contributed by atoms with Crippen molar-refractivity contribution in [2.24, 2.45) is 0 Å². The van der Waals surface area contributed by atoms with Crippen LogP contribution in [-0.4, -0.2) is 42.6 Å². The van der Waals surface area contributed by atoms with Crippen LogP contribution in [0.5, 0.6) is 17.2 Å². The monoisotopic (exact) mass is 522 g/mol. The van der Waals surface area contributed by atoms with Gasteiger partial charge in [0.1, 0.15) is 23.3 Å². The highest BCUT2D eigenvalue weighted by molar-refractivity contribution is 7.22. The molecule has 1 N–H and O–H groups in total. The fourth-order valence-corrected chi connectivity index (χ4v) is 5.87. The Morgan fingerprint density at radius 1 is 1.11 bits per heavy atom. The van der Waals surface area contributed by atoms with Gasteiger partial charge >= 0.3 is 0 Å². The van der Waals surface area contributed by atoms with Gasteiger partial charge in [-0.2, -0.15) is 0 Å². The highest BCUT2D eigenvalue weighted by atomic mass is 32.1. The summed E-state index contributed by atoms with van der Waals surface area (Å²) in [5, 5.41) is 13.1. The van der Waals surface area contributed by atoms with E-state index in [0.29, 0.717) is 44.9 Å². The summed E-state index contributed by atoms with van der Waals surface area (Å²) in [6.07, 6.45) is 0. The topological polar surface area (TPSA) is 98.2 Å². The number of thiazole rings is 1. The molecule has 3 heterocycles. The molecule has 2 aromatic heterocycles. The van der Waals surface area contributed by atoms with Gasteiger partial charge in [0.2, 0.25) is 5.78 Å². The lowest BCUT2D eigenvalue weighted by Gasteiger charge is -2.26. The van der Waals surface area contributed by atoms with Crippen molar-refractivity contribution in [3.8, 4) is 17.2 Å². The van der Waals surface area contributed by atoms with Crippen molar-refractivity contribution < 1.29 is 28.9 Å². The maximum Gasteiger partial charge on any atom is 0.296 e. The van der Waals surface area contributed by atoms with Crippen LogP contribution in [0, 0.1) is 0 Å². The van der Waals surface area contributed by atoms with Gasteiger partial charge in [0.05, 0.1) is 41.5 Å². The van der Waals surface area contributed by atoms with Crippen molar-refractivity contribution in [2.75, 3.05) is 25.7 Å². The minimum atomic E-state index is -0.982. The standard InChI is InChI=1S/C26H22N2O6S2/c1-4-34-15-7-9-17-20(13-15)36-26(27-17)28-22(16-12-14(32-2)8-10-18(16)33-3)21(24(30)25(28)31)23(29)19-6-5-11-35-19/h5-13,22,30H,4H2,1-3H3/t22-/m1/s1. The quantitative estimate of drug-likeness (QED) is 0.303. The number of thiophene rings is 1. The van der Waals surface area contributed by atoms with E-state index in [4.69, 9.17) is 14.2 Å². The van der Waals surface area contributed by atoms with Crippen LogP contribution in [0.4, 0.5) is 5.13 Å². The number of aliphatic hydroxyl groups is 1. The molecule has 1 aliphatic heterocycles. The van der Waals surface area contributed by atoms with Gasteiger partial charge in [-0.3, -0.25) is 14.5 Å². The number of ketones is 1. The zero-order chi connectivity index (χ0) is 25.4. The summed E-state index contributed by atoms with van der Waals surface area (Å²) in [6, 6.07) is 13.0. The van der Waals surface area contributed by atoms with E-state index in [-0.39, 0.29) is 5.57 Å². The highest BCUT2D eigenvalue weighted by Crippen LogP contribution is 2.47. The third kappa shape index (κ3) is 3.98. The first-order valence-electron chi connectivity index (χ1n) is 11.1. The molecule has 1 atom stereocenters. The predicted octanol–water partition coefficient (Wildman–Crippen LogP) is 5.56. The highest BCUT2D eigenvalue weighted by Gasteiger charge is 2.47. The Labute approximate surface area is 215 Å². The summed E-state index contributed by atoms with van der Waals surface area (Å²) < 4.78 is 17.4. The SMILES string of the molecule is CCOc1ccc2nc(N3C(=O)C(O)=C(C(=O)c4cccs4)[C@H]3c3cc(OC)ccc3OC)sc2c1. The van der Waals surface area contributed by atoms with Crippen molar-refractivity contribution in [2.45, 2.75) is 13.0 Å². The Balaban J connectivity index is 1.70. The van der Waals surface area contributed by atoms with E-state index in [1.807, 2.05) is 25.1 Å². The first-order chi connectivity index (χ1) is 17.5. The molecule has 1 amide bonds. The Kier molecular flexibility index (Phi) is 6.38. The summed E-state index contributed by atoms with van der Waals surface area (Å²) in [5.74, 6) is -0.129. The summed E-state index contributed by atoms with van der Waals surface area (Å²) >= 11 is 2.50. The molecule has 10 heteroatoms. The third-order valence-corrected chi connectivity index (χ3v) is 7.68. The van der Waals surface area contributed by atoms with E-state index in [2.05, 4.69) is 4.98 Å². The second-order valence-electron chi connectivity index (χ2n) is 7.81. The lowest BCUT2D eigenvalue weighted by atomic mass is 9.94. The number of amides is 1. The molecule has 0 aliphatic carbocycles. The maximum absolute atomic E-state index is 13.6. The van der Waals surface area contributed by atoms with Gasteiger partial charge in [-0.25, -0.2) is 4.98 Å². The lowest BCUT2D eigenvalue weighted by molar-refractivity contribution is -0.117. The van der Waals surface area contributed by atoms with Gasteiger partial charge in [0.15, 0.2) is 10.9 Å².